The number of imidazole rings is 2. The van der Waals surface area contributed by atoms with Crippen molar-refractivity contribution in [2.45, 2.75) is 116 Å². The van der Waals surface area contributed by atoms with Crippen LogP contribution in [-0.4, -0.2) is 97.6 Å². The van der Waals surface area contributed by atoms with Crippen LogP contribution in [0, 0.1) is 5.92 Å². The topological polar surface area (TPSA) is 187 Å². The van der Waals surface area contributed by atoms with Crippen molar-refractivity contribution in [1.29, 1.82) is 0 Å². The van der Waals surface area contributed by atoms with E-state index in [9.17, 15) is 19.5 Å². The smallest absolute Gasteiger partial charge is 0.407 e. The summed E-state index contributed by atoms with van der Waals surface area (Å²) in [7, 11) is 2.61. The number of fused-ring (bicyclic) bond motifs is 6. The lowest BCUT2D eigenvalue weighted by Crippen LogP contribution is -2.55. The molecule has 3 aliphatic heterocycles. The summed E-state index contributed by atoms with van der Waals surface area (Å²) in [6.45, 7) is 10.3. The SMILES string of the molecule is CCC(NC(=O)OC)C(=O)N1[C@@H](C)CC[C@H]1c1ncc(-c2ccc3c(c2)COc2cc4c(ccc5nc([C@@H]6CC[C@H](C)N6C(O)[C@@H](NC(=O)OC)C(C)C)[nH]c54)cc2-3)[nH]1. The zero-order valence-electron chi connectivity index (χ0n) is 34.7. The quantitative estimate of drug-likeness (QED) is 0.0977. The number of alkyl carbamates (subject to hydrolysis) is 2. The highest BCUT2D eigenvalue weighted by Gasteiger charge is 2.43. The van der Waals surface area contributed by atoms with Crippen LogP contribution < -0.4 is 15.4 Å². The van der Waals surface area contributed by atoms with E-state index in [1.54, 1.807) is 0 Å². The highest BCUT2D eigenvalue weighted by molar-refractivity contribution is 6.07. The number of H-pyrrole nitrogens is 2. The number of aliphatic hydroxyl groups is 1. The van der Waals surface area contributed by atoms with Crippen molar-refractivity contribution in [2.75, 3.05) is 14.2 Å². The largest absolute Gasteiger partial charge is 0.488 e. The molecule has 2 fully saturated rings. The maximum absolute atomic E-state index is 13.7. The molecule has 5 aromatic rings. The predicted octanol–water partition coefficient (Wildman–Crippen LogP) is 7.08. The molecule has 3 aliphatic rings. The number of hydrogen-bond donors (Lipinski definition) is 5. The van der Waals surface area contributed by atoms with Crippen molar-refractivity contribution in [3.8, 4) is 28.1 Å². The average molecular weight is 807 g/mol. The van der Waals surface area contributed by atoms with Crippen LogP contribution in [-0.2, 0) is 20.9 Å². The van der Waals surface area contributed by atoms with Crippen LogP contribution in [0.2, 0.25) is 0 Å². The number of nitrogens with one attached hydrogen (secondary N) is 4. The molecule has 8 rings (SSSR count). The molecule has 0 aliphatic carbocycles. The fourth-order valence-electron chi connectivity index (χ4n) is 9.33. The number of carbonyl (C=O) groups is 3. The fourth-order valence-corrected chi connectivity index (χ4v) is 9.33. The van der Waals surface area contributed by atoms with Gasteiger partial charge in [-0.15, -0.1) is 0 Å². The minimum atomic E-state index is -0.938. The normalized spacial score (nSPS) is 21.8. The first kappa shape index (κ1) is 40.1. The third-order valence-electron chi connectivity index (χ3n) is 12.6. The first-order valence-corrected chi connectivity index (χ1v) is 20.6. The number of hydrogen-bond acceptors (Lipinski definition) is 10. The first-order valence-electron chi connectivity index (χ1n) is 20.6. The molecule has 15 heteroatoms. The number of aromatic amines is 2. The molecule has 2 saturated heterocycles. The van der Waals surface area contributed by atoms with Gasteiger partial charge < -0.3 is 44.8 Å². The molecule has 3 aromatic carbocycles. The second-order valence-electron chi connectivity index (χ2n) is 16.5. The number of ether oxygens (including phenoxy) is 3. The van der Waals surface area contributed by atoms with E-state index in [2.05, 4.69) is 68.8 Å². The summed E-state index contributed by atoms with van der Waals surface area (Å²) >= 11 is 0. The van der Waals surface area contributed by atoms with Gasteiger partial charge in [-0.05, 0) is 98.2 Å². The van der Waals surface area contributed by atoms with Crippen molar-refractivity contribution in [2.24, 2.45) is 5.92 Å². The highest BCUT2D eigenvalue weighted by Crippen LogP contribution is 2.44. The van der Waals surface area contributed by atoms with Gasteiger partial charge in [0.25, 0.3) is 0 Å². The molecule has 7 atom stereocenters. The van der Waals surface area contributed by atoms with Gasteiger partial charge in [-0.25, -0.2) is 19.6 Å². The van der Waals surface area contributed by atoms with Crippen LogP contribution in [0.3, 0.4) is 0 Å². The number of nitrogens with zero attached hydrogens (tertiary/aromatic N) is 4. The molecule has 15 nitrogen and oxygen atoms in total. The van der Waals surface area contributed by atoms with Crippen LogP contribution in [0.4, 0.5) is 9.59 Å². The average Bonchev–Trinajstić information content (AvgIpc) is 4.06. The van der Waals surface area contributed by atoms with Gasteiger partial charge in [0.1, 0.15) is 36.3 Å². The van der Waals surface area contributed by atoms with Crippen molar-refractivity contribution < 1.29 is 33.7 Å². The van der Waals surface area contributed by atoms with Crippen LogP contribution in [0.25, 0.3) is 44.2 Å². The number of amides is 3. The summed E-state index contributed by atoms with van der Waals surface area (Å²) in [5.41, 5.74) is 6.70. The van der Waals surface area contributed by atoms with Crippen molar-refractivity contribution in [1.82, 2.24) is 40.4 Å². The number of methoxy groups -OCH3 is 2. The first-order chi connectivity index (χ1) is 28.4. The van der Waals surface area contributed by atoms with E-state index in [4.69, 9.17) is 24.2 Å². The molecule has 3 amide bonds. The number of benzene rings is 3. The standard InChI is InChI=1S/C44H54N8O7/c1-8-31(48-43(55)57-6)41(53)51-23(4)9-15-34(51)39-45-20-33(47-39)26-11-13-28-27(17-26)21-59-36-19-29-25(18-30(28)36)12-14-32-38(29)49-40(46-32)35-16-10-24(5)52(35)42(54)37(22(2)3)50-44(56)58-7/h11-14,17-20,22-24,31,34-35,37,42,54H,8-10,15-16,21H2,1-7H3,(H,45,47)(H,46,49)(H,48,55)(H,50,56)/t23-,24-,31?,34-,35-,37-,42?/m0/s1. The van der Waals surface area contributed by atoms with Crippen molar-refractivity contribution in [3.63, 3.8) is 0 Å². The van der Waals surface area contributed by atoms with Gasteiger partial charge in [-0.2, -0.15) is 0 Å². The number of carbonyl (C=O) groups excluding carboxylic acids is 3. The lowest BCUT2D eigenvalue weighted by Gasteiger charge is -2.38. The Morgan fingerprint density at radius 2 is 1.66 bits per heavy atom. The number of aromatic nitrogens is 4. The number of aliphatic hydroxyl groups excluding tert-OH is 1. The summed E-state index contributed by atoms with van der Waals surface area (Å²) in [5, 5.41) is 19.2. The van der Waals surface area contributed by atoms with E-state index in [1.165, 1.54) is 14.2 Å². The molecular weight excluding hydrogens is 753 g/mol. The second kappa shape index (κ2) is 16.2. The molecule has 312 valence electrons. The van der Waals surface area contributed by atoms with Crippen LogP contribution in [0.15, 0.2) is 48.7 Å². The zero-order valence-corrected chi connectivity index (χ0v) is 34.7. The van der Waals surface area contributed by atoms with Crippen molar-refractivity contribution >= 4 is 39.9 Å². The Hall–Kier alpha value is -5.67. The van der Waals surface area contributed by atoms with E-state index in [0.29, 0.717) is 18.9 Å². The highest BCUT2D eigenvalue weighted by atomic mass is 16.5. The molecule has 0 radical (unpaired) electrons. The van der Waals surface area contributed by atoms with E-state index >= 15 is 0 Å². The minimum absolute atomic E-state index is 0.000602. The van der Waals surface area contributed by atoms with Gasteiger partial charge in [0.15, 0.2) is 0 Å². The summed E-state index contributed by atoms with van der Waals surface area (Å²) in [5.74, 6) is 2.10. The Labute approximate surface area is 343 Å². The Balaban J connectivity index is 1.04. The van der Waals surface area contributed by atoms with Crippen LogP contribution in [0.5, 0.6) is 5.75 Å². The van der Waals surface area contributed by atoms with E-state index in [-0.39, 0.29) is 36.0 Å². The Morgan fingerprint density at radius 1 is 0.915 bits per heavy atom. The second-order valence-corrected chi connectivity index (χ2v) is 16.5. The molecule has 2 unspecified atom stereocenters. The fraction of sp³-hybridized carbons (Fsp3) is 0.477. The van der Waals surface area contributed by atoms with Crippen LogP contribution >= 0.6 is 0 Å². The lowest BCUT2D eigenvalue weighted by atomic mass is 9.92. The maximum atomic E-state index is 13.7. The molecule has 0 bridgehead atoms. The molecule has 0 saturated carbocycles. The monoisotopic (exact) mass is 806 g/mol. The summed E-state index contributed by atoms with van der Waals surface area (Å²) in [4.78, 5) is 58.6. The molecule has 5 N–H and O–H groups in total. The molecule has 5 heterocycles. The summed E-state index contributed by atoms with van der Waals surface area (Å²) < 4.78 is 16.1. The number of likely N-dealkylation sites (tertiary alicyclic amines) is 2. The third kappa shape index (κ3) is 7.35. The van der Waals surface area contributed by atoms with Gasteiger partial charge >= 0.3 is 12.2 Å². The maximum Gasteiger partial charge on any atom is 0.407 e. The molecule has 2 aromatic heterocycles. The molecule has 0 spiro atoms. The Morgan fingerprint density at radius 3 is 2.41 bits per heavy atom. The number of rotatable bonds is 10. The minimum Gasteiger partial charge on any atom is -0.488 e. The van der Waals surface area contributed by atoms with Gasteiger partial charge in [-0.1, -0.05) is 39.0 Å². The zero-order chi connectivity index (χ0) is 41.7. The van der Waals surface area contributed by atoms with Crippen molar-refractivity contribution in [3.05, 3.63) is 65.9 Å². The Bertz CT molecular complexity index is 2390. The molecule has 59 heavy (non-hydrogen) atoms. The summed E-state index contributed by atoms with van der Waals surface area (Å²) in [6.07, 6.45) is 3.41. The third-order valence-corrected chi connectivity index (χ3v) is 12.6. The van der Waals surface area contributed by atoms with Gasteiger partial charge in [0.05, 0.1) is 55.3 Å². The van der Waals surface area contributed by atoms with Gasteiger partial charge in [0.2, 0.25) is 5.91 Å². The predicted molar refractivity (Wildman–Crippen MR) is 222 cm³/mol. The Kier molecular flexibility index (Phi) is 11.0. The van der Waals surface area contributed by atoms with E-state index in [0.717, 1.165) is 87.0 Å². The lowest BCUT2D eigenvalue weighted by molar-refractivity contribution is -0.136. The van der Waals surface area contributed by atoms with Gasteiger partial charge in [-0.3, -0.25) is 9.69 Å². The van der Waals surface area contributed by atoms with E-state index < -0.39 is 30.5 Å². The molecular formula is C44H54N8O7. The summed E-state index contributed by atoms with van der Waals surface area (Å²) in [6, 6.07) is 13.2. The van der Waals surface area contributed by atoms with Gasteiger partial charge in [0, 0.05) is 23.0 Å². The van der Waals surface area contributed by atoms with E-state index in [1.807, 2.05) is 44.9 Å². The van der Waals surface area contributed by atoms with Crippen LogP contribution in [0.1, 0.15) is 96.0 Å².